The van der Waals surface area contributed by atoms with Crippen LogP contribution in [0.15, 0.2) is 0 Å². The van der Waals surface area contributed by atoms with Gasteiger partial charge in [-0.25, -0.2) is 0 Å². The van der Waals surface area contributed by atoms with Gasteiger partial charge in [-0.2, -0.15) is 0 Å². The Hall–Kier alpha value is -0.160. The Balaban J connectivity index is 2.48. The Kier molecular flexibility index (Phi) is 4.12. The van der Waals surface area contributed by atoms with Crippen molar-refractivity contribution in [3.63, 3.8) is 0 Å². The zero-order chi connectivity index (χ0) is 9.84. The van der Waals surface area contributed by atoms with E-state index in [0.29, 0.717) is 0 Å². The standard InChI is InChI=1S/C9H22N4/c1-11-4-5-12(2)8-9(10)13(3)7-6-11/h9H,4-8,10H2,1-3H3. The van der Waals surface area contributed by atoms with Gasteiger partial charge in [-0.15, -0.1) is 0 Å². The van der Waals surface area contributed by atoms with Crippen LogP contribution in [0, 0.1) is 0 Å². The van der Waals surface area contributed by atoms with Crippen LogP contribution in [0.5, 0.6) is 0 Å². The van der Waals surface area contributed by atoms with E-state index in [-0.39, 0.29) is 6.17 Å². The highest BCUT2D eigenvalue weighted by atomic mass is 15.3. The van der Waals surface area contributed by atoms with E-state index < -0.39 is 0 Å². The lowest BCUT2D eigenvalue weighted by atomic mass is 10.4. The van der Waals surface area contributed by atoms with E-state index in [4.69, 9.17) is 5.73 Å². The van der Waals surface area contributed by atoms with Crippen LogP contribution in [0.4, 0.5) is 0 Å². The second-order valence-electron chi connectivity index (χ2n) is 4.11. The first kappa shape index (κ1) is 10.9. The predicted molar refractivity (Wildman–Crippen MR) is 55.6 cm³/mol. The van der Waals surface area contributed by atoms with Crippen molar-refractivity contribution in [2.45, 2.75) is 6.17 Å². The van der Waals surface area contributed by atoms with E-state index in [9.17, 15) is 0 Å². The van der Waals surface area contributed by atoms with Crippen molar-refractivity contribution in [2.75, 3.05) is 53.9 Å². The van der Waals surface area contributed by atoms with E-state index >= 15 is 0 Å². The summed E-state index contributed by atoms with van der Waals surface area (Å²) >= 11 is 0. The van der Waals surface area contributed by atoms with Crippen molar-refractivity contribution in [3.05, 3.63) is 0 Å². The van der Waals surface area contributed by atoms with Gasteiger partial charge in [0.05, 0.1) is 6.17 Å². The lowest BCUT2D eigenvalue weighted by Gasteiger charge is -2.26. The Labute approximate surface area is 81.3 Å². The van der Waals surface area contributed by atoms with Gasteiger partial charge in [-0.3, -0.25) is 4.90 Å². The highest BCUT2D eigenvalue weighted by Gasteiger charge is 2.15. The molecule has 0 radical (unpaired) electrons. The molecule has 4 heteroatoms. The molecule has 1 atom stereocenters. The molecule has 0 aromatic heterocycles. The quantitative estimate of drug-likeness (QED) is 0.531. The Morgan fingerprint density at radius 2 is 1.46 bits per heavy atom. The van der Waals surface area contributed by atoms with Crippen molar-refractivity contribution in [2.24, 2.45) is 5.73 Å². The van der Waals surface area contributed by atoms with Crippen molar-refractivity contribution in [1.29, 1.82) is 0 Å². The van der Waals surface area contributed by atoms with Gasteiger partial charge >= 0.3 is 0 Å². The highest BCUT2D eigenvalue weighted by Crippen LogP contribution is 1.97. The molecule has 13 heavy (non-hydrogen) atoms. The molecule has 0 bridgehead atoms. The molecule has 1 heterocycles. The van der Waals surface area contributed by atoms with Crippen LogP contribution in [0.2, 0.25) is 0 Å². The molecular weight excluding hydrogens is 164 g/mol. The van der Waals surface area contributed by atoms with E-state index in [0.717, 1.165) is 32.7 Å². The van der Waals surface area contributed by atoms with Crippen LogP contribution in [0.1, 0.15) is 0 Å². The van der Waals surface area contributed by atoms with Gasteiger partial charge in [0.25, 0.3) is 0 Å². The fourth-order valence-electron chi connectivity index (χ4n) is 1.50. The third kappa shape index (κ3) is 3.60. The smallest absolute Gasteiger partial charge is 0.0700 e. The molecule has 1 unspecified atom stereocenters. The summed E-state index contributed by atoms with van der Waals surface area (Å²) in [6, 6.07) is 0. The zero-order valence-electron chi connectivity index (χ0n) is 9.03. The lowest BCUT2D eigenvalue weighted by Crippen LogP contribution is -2.47. The first-order valence-electron chi connectivity index (χ1n) is 4.92. The van der Waals surface area contributed by atoms with Gasteiger partial charge < -0.3 is 15.5 Å². The molecule has 0 saturated carbocycles. The third-order valence-electron chi connectivity index (χ3n) is 2.76. The van der Waals surface area contributed by atoms with Gasteiger partial charge in [0.15, 0.2) is 0 Å². The van der Waals surface area contributed by atoms with Gasteiger partial charge in [-0.1, -0.05) is 0 Å². The number of nitrogens with two attached hydrogens (primary N) is 1. The van der Waals surface area contributed by atoms with Crippen molar-refractivity contribution >= 4 is 0 Å². The van der Waals surface area contributed by atoms with Gasteiger partial charge in [0, 0.05) is 32.7 Å². The summed E-state index contributed by atoms with van der Waals surface area (Å²) in [5.74, 6) is 0. The average molecular weight is 186 g/mol. The molecule has 1 saturated heterocycles. The number of nitrogens with zero attached hydrogens (tertiary/aromatic N) is 3. The molecule has 78 valence electrons. The van der Waals surface area contributed by atoms with Crippen molar-refractivity contribution in [1.82, 2.24) is 14.7 Å². The Morgan fingerprint density at radius 3 is 2.15 bits per heavy atom. The van der Waals surface area contributed by atoms with E-state index in [2.05, 4.69) is 35.8 Å². The molecule has 1 rings (SSSR count). The second kappa shape index (κ2) is 4.91. The minimum atomic E-state index is 0.177. The number of likely N-dealkylation sites (N-methyl/N-ethyl adjacent to an activating group) is 3. The number of hydrogen-bond donors (Lipinski definition) is 1. The fraction of sp³-hybridized carbons (Fsp3) is 1.00. The summed E-state index contributed by atoms with van der Waals surface area (Å²) in [5.41, 5.74) is 6.02. The average Bonchev–Trinajstić information content (AvgIpc) is 2.13. The SMILES string of the molecule is CN1CCN(C)CC(N)N(C)CC1. The summed E-state index contributed by atoms with van der Waals surface area (Å²) < 4.78 is 0. The summed E-state index contributed by atoms with van der Waals surface area (Å²) in [6.07, 6.45) is 0.177. The van der Waals surface area contributed by atoms with E-state index in [1.165, 1.54) is 0 Å². The highest BCUT2D eigenvalue weighted by molar-refractivity contribution is 4.70. The maximum atomic E-state index is 6.02. The molecule has 2 N–H and O–H groups in total. The first-order valence-corrected chi connectivity index (χ1v) is 4.92. The summed E-state index contributed by atoms with van der Waals surface area (Å²) in [4.78, 5) is 6.87. The maximum Gasteiger partial charge on any atom is 0.0700 e. The lowest BCUT2D eigenvalue weighted by molar-refractivity contribution is 0.197. The Morgan fingerprint density at radius 1 is 0.923 bits per heavy atom. The van der Waals surface area contributed by atoms with Crippen molar-refractivity contribution < 1.29 is 0 Å². The molecule has 1 aliphatic rings. The fourth-order valence-corrected chi connectivity index (χ4v) is 1.50. The molecule has 0 aromatic rings. The van der Waals surface area contributed by atoms with Gasteiger partial charge in [0.2, 0.25) is 0 Å². The second-order valence-corrected chi connectivity index (χ2v) is 4.11. The molecular formula is C9H22N4. The largest absolute Gasteiger partial charge is 0.315 e. The van der Waals surface area contributed by atoms with Crippen LogP contribution in [-0.4, -0.2) is 74.7 Å². The van der Waals surface area contributed by atoms with E-state index in [1.807, 2.05) is 0 Å². The van der Waals surface area contributed by atoms with Crippen LogP contribution < -0.4 is 5.73 Å². The zero-order valence-corrected chi connectivity index (χ0v) is 9.03. The monoisotopic (exact) mass is 186 g/mol. The van der Waals surface area contributed by atoms with Crippen LogP contribution in [0.25, 0.3) is 0 Å². The van der Waals surface area contributed by atoms with Crippen LogP contribution in [-0.2, 0) is 0 Å². The van der Waals surface area contributed by atoms with Crippen LogP contribution in [0.3, 0.4) is 0 Å². The predicted octanol–water partition coefficient (Wildman–Crippen LogP) is -0.920. The normalized spacial score (nSPS) is 30.9. The summed E-state index contributed by atoms with van der Waals surface area (Å²) in [6.45, 7) is 5.38. The molecule has 0 aromatic carbocycles. The third-order valence-corrected chi connectivity index (χ3v) is 2.76. The van der Waals surface area contributed by atoms with Gasteiger partial charge in [-0.05, 0) is 21.1 Å². The minimum absolute atomic E-state index is 0.177. The molecule has 0 amide bonds. The van der Waals surface area contributed by atoms with Gasteiger partial charge in [0.1, 0.15) is 0 Å². The first-order chi connectivity index (χ1) is 6.09. The molecule has 0 spiro atoms. The topological polar surface area (TPSA) is 35.7 Å². The van der Waals surface area contributed by atoms with Crippen molar-refractivity contribution in [3.8, 4) is 0 Å². The summed E-state index contributed by atoms with van der Waals surface area (Å²) in [7, 11) is 6.39. The summed E-state index contributed by atoms with van der Waals surface area (Å²) in [5, 5.41) is 0. The minimum Gasteiger partial charge on any atom is -0.315 e. The molecule has 1 fully saturated rings. The maximum absolute atomic E-state index is 6.02. The Bertz CT molecular complexity index is 151. The molecule has 4 nitrogen and oxygen atoms in total. The van der Waals surface area contributed by atoms with Crippen LogP contribution >= 0.6 is 0 Å². The van der Waals surface area contributed by atoms with E-state index in [1.54, 1.807) is 0 Å². The molecule has 0 aliphatic carbocycles. The molecule has 1 aliphatic heterocycles. The number of hydrogen-bond acceptors (Lipinski definition) is 4. The number of rotatable bonds is 0.